The number of hydrogen-bond donors (Lipinski definition) is 2. The van der Waals surface area contributed by atoms with E-state index in [2.05, 4.69) is 6.92 Å². The molecular weight excluding hydrogens is 314 g/mol. The molecule has 2 N–H and O–H groups in total. The van der Waals surface area contributed by atoms with E-state index in [9.17, 15) is 13.5 Å². The maximum absolute atomic E-state index is 10.7. The largest absolute Gasteiger partial charge is 0.391 e. The van der Waals surface area contributed by atoms with E-state index < -0.39 is 22.0 Å². The molecule has 0 heterocycles. The van der Waals surface area contributed by atoms with Gasteiger partial charge in [0.15, 0.2) is 0 Å². The van der Waals surface area contributed by atoms with Gasteiger partial charge in [-0.3, -0.25) is 4.55 Å². The van der Waals surface area contributed by atoms with Crippen molar-refractivity contribution in [2.45, 2.75) is 83.7 Å². The summed E-state index contributed by atoms with van der Waals surface area (Å²) >= 11 is 0. The van der Waals surface area contributed by atoms with Crippen LogP contribution in [0.1, 0.15) is 77.6 Å². The van der Waals surface area contributed by atoms with Gasteiger partial charge in [-0.1, -0.05) is 71.1 Å². The SMILES string of the molecule is CCCCCCCCCCCCCN(C)CC(O)CS(=O)(=O)O. The van der Waals surface area contributed by atoms with Crippen LogP contribution < -0.4 is 0 Å². The Balaban J connectivity index is 3.37. The van der Waals surface area contributed by atoms with Gasteiger partial charge in [-0.05, 0) is 20.0 Å². The molecule has 23 heavy (non-hydrogen) atoms. The first kappa shape index (κ1) is 22.8. The fraction of sp³-hybridized carbons (Fsp3) is 1.00. The van der Waals surface area contributed by atoms with Crippen molar-refractivity contribution in [3.8, 4) is 0 Å². The van der Waals surface area contributed by atoms with E-state index in [1.807, 2.05) is 11.9 Å². The van der Waals surface area contributed by atoms with Gasteiger partial charge in [0.05, 0.1) is 6.10 Å². The summed E-state index contributed by atoms with van der Waals surface area (Å²) in [5.41, 5.74) is 0. The summed E-state index contributed by atoms with van der Waals surface area (Å²) in [6, 6.07) is 0. The second-order valence-electron chi connectivity index (χ2n) is 6.70. The van der Waals surface area contributed by atoms with Gasteiger partial charge >= 0.3 is 0 Å². The second-order valence-corrected chi connectivity index (χ2v) is 8.20. The zero-order valence-corrected chi connectivity index (χ0v) is 15.9. The van der Waals surface area contributed by atoms with Crippen LogP contribution in [0.5, 0.6) is 0 Å². The predicted molar refractivity (Wildman–Crippen MR) is 96.4 cm³/mol. The van der Waals surface area contributed by atoms with E-state index in [1.54, 1.807) is 0 Å². The van der Waals surface area contributed by atoms with Gasteiger partial charge in [-0.15, -0.1) is 0 Å². The number of unbranched alkanes of at least 4 members (excludes halogenated alkanes) is 10. The van der Waals surface area contributed by atoms with Crippen molar-refractivity contribution in [3.63, 3.8) is 0 Å². The van der Waals surface area contributed by atoms with Crippen LogP contribution in [-0.4, -0.2) is 55.0 Å². The zero-order valence-electron chi connectivity index (χ0n) is 15.0. The van der Waals surface area contributed by atoms with Crippen LogP contribution in [0.2, 0.25) is 0 Å². The summed E-state index contributed by atoms with van der Waals surface area (Å²) in [4.78, 5) is 1.92. The summed E-state index contributed by atoms with van der Waals surface area (Å²) in [5, 5.41) is 9.55. The smallest absolute Gasteiger partial charge is 0.267 e. The minimum Gasteiger partial charge on any atom is -0.391 e. The summed E-state index contributed by atoms with van der Waals surface area (Å²) in [5.74, 6) is -0.588. The molecule has 0 rings (SSSR count). The van der Waals surface area contributed by atoms with Gasteiger partial charge in [-0.25, -0.2) is 0 Å². The van der Waals surface area contributed by atoms with Crippen molar-refractivity contribution < 1.29 is 18.1 Å². The minimum absolute atomic E-state index is 0.275. The van der Waals surface area contributed by atoms with Crippen molar-refractivity contribution in [3.05, 3.63) is 0 Å². The lowest BCUT2D eigenvalue weighted by atomic mass is 10.1. The van der Waals surface area contributed by atoms with Crippen molar-refractivity contribution in [2.75, 3.05) is 25.9 Å². The quantitative estimate of drug-likeness (QED) is 0.329. The molecule has 0 aliphatic carbocycles. The topological polar surface area (TPSA) is 77.8 Å². The van der Waals surface area contributed by atoms with Gasteiger partial charge < -0.3 is 10.0 Å². The lowest BCUT2D eigenvalue weighted by molar-refractivity contribution is 0.141. The summed E-state index contributed by atoms with van der Waals surface area (Å²) in [6.07, 6.45) is 13.2. The Labute approximate surface area is 143 Å². The Hall–Kier alpha value is -0.170. The van der Waals surface area contributed by atoms with Crippen molar-refractivity contribution >= 4 is 10.1 Å². The Morgan fingerprint density at radius 3 is 1.74 bits per heavy atom. The molecular formula is C17H37NO4S. The van der Waals surface area contributed by atoms with Gasteiger partial charge in [0.25, 0.3) is 10.1 Å². The van der Waals surface area contributed by atoms with Crippen LogP contribution in [0.3, 0.4) is 0 Å². The van der Waals surface area contributed by atoms with Crippen LogP contribution in [0.25, 0.3) is 0 Å². The third-order valence-corrected chi connectivity index (χ3v) is 4.87. The van der Waals surface area contributed by atoms with Crippen LogP contribution in [0.15, 0.2) is 0 Å². The summed E-state index contributed by atoms with van der Waals surface area (Å²) in [7, 11) is -2.23. The maximum atomic E-state index is 10.7. The average Bonchev–Trinajstić information content (AvgIpc) is 2.42. The summed E-state index contributed by atoms with van der Waals surface area (Å²) in [6.45, 7) is 3.36. The van der Waals surface area contributed by atoms with Gasteiger partial charge in [-0.2, -0.15) is 8.42 Å². The first-order chi connectivity index (χ1) is 10.8. The van der Waals surface area contributed by atoms with Crippen LogP contribution in [0, 0.1) is 0 Å². The second kappa shape index (κ2) is 14.2. The van der Waals surface area contributed by atoms with E-state index in [0.29, 0.717) is 0 Å². The normalized spacial score (nSPS) is 13.6. The highest BCUT2D eigenvalue weighted by atomic mass is 32.2. The molecule has 0 aromatic rings. The molecule has 0 aliphatic rings. The Kier molecular flexibility index (Phi) is 14.1. The average molecular weight is 352 g/mol. The molecule has 0 fully saturated rings. The third kappa shape index (κ3) is 18.0. The van der Waals surface area contributed by atoms with Crippen LogP contribution >= 0.6 is 0 Å². The lowest BCUT2D eigenvalue weighted by Crippen LogP contribution is -2.34. The minimum atomic E-state index is -4.09. The van der Waals surface area contributed by atoms with E-state index in [-0.39, 0.29) is 6.54 Å². The van der Waals surface area contributed by atoms with E-state index >= 15 is 0 Å². The maximum Gasteiger partial charge on any atom is 0.267 e. The number of nitrogens with zero attached hydrogens (tertiary/aromatic N) is 1. The van der Waals surface area contributed by atoms with Crippen molar-refractivity contribution in [2.24, 2.45) is 0 Å². The van der Waals surface area contributed by atoms with E-state index in [4.69, 9.17) is 4.55 Å². The Morgan fingerprint density at radius 2 is 1.30 bits per heavy atom. The first-order valence-electron chi connectivity index (χ1n) is 9.17. The molecule has 6 heteroatoms. The molecule has 1 unspecified atom stereocenters. The molecule has 0 spiro atoms. The zero-order chi connectivity index (χ0) is 17.6. The molecule has 0 amide bonds. The molecule has 0 aromatic carbocycles. The Bertz CT molecular complexity index is 360. The number of aliphatic hydroxyl groups excluding tert-OH is 1. The third-order valence-electron chi connectivity index (χ3n) is 4.07. The molecule has 1 atom stereocenters. The first-order valence-corrected chi connectivity index (χ1v) is 10.8. The Morgan fingerprint density at radius 1 is 0.870 bits per heavy atom. The van der Waals surface area contributed by atoms with E-state index in [1.165, 1.54) is 64.2 Å². The molecule has 0 aromatic heterocycles. The van der Waals surface area contributed by atoms with Gasteiger partial charge in [0.2, 0.25) is 0 Å². The number of aliphatic hydroxyl groups is 1. The molecule has 5 nitrogen and oxygen atoms in total. The highest BCUT2D eigenvalue weighted by Gasteiger charge is 2.15. The molecule has 0 saturated heterocycles. The molecule has 0 radical (unpaired) electrons. The van der Waals surface area contributed by atoms with Crippen LogP contribution in [-0.2, 0) is 10.1 Å². The fourth-order valence-corrected chi connectivity index (χ4v) is 3.38. The van der Waals surface area contributed by atoms with Crippen molar-refractivity contribution in [1.82, 2.24) is 4.90 Å². The molecule has 0 bridgehead atoms. The van der Waals surface area contributed by atoms with Crippen LogP contribution in [0.4, 0.5) is 0 Å². The summed E-state index contributed by atoms with van der Waals surface area (Å²) < 4.78 is 30.0. The number of rotatable bonds is 16. The van der Waals surface area contributed by atoms with Gasteiger partial charge in [0.1, 0.15) is 5.75 Å². The monoisotopic (exact) mass is 351 g/mol. The van der Waals surface area contributed by atoms with Crippen molar-refractivity contribution in [1.29, 1.82) is 0 Å². The highest BCUT2D eigenvalue weighted by molar-refractivity contribution is 7.85. The number of hydrogen-bond acceptors (Lipinski definition) is 4. The lowest BCUT2D eigenvalue weighted by Gasteiger charge is -2.19. The molecule has 0 saturated carbocycles. The van der Waals surface area contributed by atoms with E-state index in [0.717, 1.165) is 13.0 Å². The molecule has 140 valence electrons. The molecule has 0 aliphatic heterocycles. The number of likely N-dealkylation sites (N-methyl/N-ethyl adjacent to an activating group) is 1. The highest BCUT2D eigenvalue weighted by Crippen LogP contribution is 2.11. The predicted octanol–water partition coefficient (Wildman–Crippen LogP) is 3.48. The van der Waals surface area contributed by atoms with Gasteiger partial charge in [0, 0.05) is 6.54 Å². The fourth-order valence-electron chi connectivity index (χ4n) is 2.79. The standard InChI is InChI=1S/C17H37NO4S/c1-3-4-5-6-7-8-9-10-11-12-13-14-18(2)15-17(19)16-23(20,21)22/h17,19H,3-16H2,1-2H3,(H,20,21,22).